The first-order chi connectivity index (χ1) is 12.5. The maximum Gasteiger partial charge on any atom is 0.238 e. The number of amides is 1. The smallest absolute Gasteiger partial charge is 0.238 e. The number of ether oxygens (including phenoxy) is 1. The van der Waals surface area contributed by atoms with Gasteiger partial charge in [0.1, 0.15) is 0 Å². The maximum absolute atomic E-state index is 12.3. The lowest BCUT2D eigenvalue weighted by Crippen LogP contribution is -2.49. The molecule has 1 amide bonds. The standard InChI is InChI=1S/C19H25N5O2/c1-14-4-5-16(15(2)12-14)21-17(25)13-23-8-10-24(11-9-23)19-20-7-6-18(22-19)26-3/h4-7,12H,8-11,13H2,1-3H3,(H,21,25). The predicted molar refractivity (Wildman–Crippen MR) is 102 cm³/mol. The Kier molecular flexibility index (Phi) is 5.68. The van der Waals surface area contributed by atoms with E-state index in [1.165, 1.54) is 5.56 Å². The summed E-state index contributed by atoms with van der Waals surface area (Å²) in [7, 11) is 1.60. The zero-order valence-electron chi connectivity index (χ0n) is 15.5. The van der Waals surface area contributed by atoms with E-state index in [0.717, 1.165) is 37.4 Å². The molecule has 1 aromatic heterocycles. The van der Waals surface area contributed by atoms with Gasteiger partial charge in [-0.25, -0.2) is 4.98 Å². The maximum atomic E-state index is 12.3. The summed E-state index contributed by atoms with van der Waals surface area (Å²) in [5.74, 6) is 1.25. The molecule has 1 saturated heterocycles. The molecule has 0 spiro atoms. The molecule has 2 aromatic rings. The summed E-state index contributed by atoms with van der Waals surface area (Å²) < 4.78 is 5.15. The number of hydrogen-bond acceptors (Lipinski definition) is 6. The van der Waals surface area contributed by atoms with Gasteiger partial charge in [-0.2, -0.15) is 4.98 Å². The third-order valence-electron chi connectivity index (χ3n) is 4.50. The van der Waals surface area contributed by atoms with Crippen molar-refractivity contribution in [3.63, 3.8) is 0 Å². The Morgan fingerprint density at radius 1 is 1.19 bits per heavy atom. The van der Waals surface area contributed by atoms with Crippen LogP contribution in [0.1, 0.15) is 11.1 Å². The largest absolute Gasteiger partial charge is 0.481 e. The molecule has 1 N–H and O–H groups in total. The van der Waals surface area contributed by atoms with E-state index in [1.807, 2.05) is 26.0 Å². The predicted octanol–water partition coefficient (Wildman–Crippen LogP) is 1.86. The molecule has 7 heteroatoms. The minimum absolute atomic E-state index is 0.0167. The van der Waals surface area contributed by atoms with Crippen molar-refractivity contribution < 1.29 is 9.53 Å². The van der Waals surface area contributed by atoms with Gasteiger partial charge in [0.2, 0.25) is 17.7 Å². The molecule has 0 radical (unpaired) electrons. The summed E-state index contributed by atoms with van der Waals surface area (Å²) in [6, 6.07) is 7.77. The summed E-state index contributed by atoms with van der Waals surface area (Å²) in [4.78, 5) is 25.3. The van der Waals surface area contributed by atoms with Crippen molar-refractivity contribution >= 4 is 17.5 Å². The number of nitrogens with one attached hydrogen (secondary N) is 1. The molecule has 1 aliphatic heterocycles. The lowest BCUT2D eigenvalue weighted by Gasteiger charge is -2.34. The second-order valence-corrected chi connectivity index (χ2v) is 6.53. The highest BCUT2D eigenvalue weighted by Crippen LogP contribution is 2.17. The van der Waals surface area contributed by atoms with E-state index in [2.05, 4.69) is 31.2 Å². The average molecular weight is 355 g/mol. The SMILES string of the molecule is COc1ccnc(N2CCN(CC(=O)Nc3ccc(C)cc3C)CC2)n1. The molecule has 0 atom stereocenters. The Labute approximate surface area is 154 Å². The van der Waals surface area contributed by atoms with Crippen LogP contribution in [-0.4, -0.2) is 60.6 Å². The zero-order valence-corrected chi connectivity index (χ0v) is 15.5. The van der Waals surface area contributed by atoms with Gasteiger partial charge in [-0.1, -0.05) is 17.7 Å². The normalized spacial score (nSPS) is 15.0. The van der Waals surface area contributed by atoms with E-state index in [4.69, 9.17) is 4.74 Å². The molecule has 1 aromatic carbocycles. The molecule has 138 valence electrons. The van der Waals surface area contributed by atoms with Crippen molar-refractivity contribution in [1.82, 2.24) is 14.9 Å². The minimum Gasteiger partial charge on any atom is -0.481 e. The number of nitrogens with zero attached hydrogens (tertiary/aromatic N) is 4. The van der Waals surface area contributed by atoms with Crippen molar-refractivity contribution in [1.29, 1.82) is 0 Å². The zero-order chi connectivity index (χ0) is 18.5. The van der Waals surface area contributed by atoms with E-state index in [-0.39, 0.29) is 5.91 Å². The topological polar surface area (TPSA) is 70.6 Å². The Hall–Kier alpha value is -2.67. The van der Waals surface area contributed by atoms with Gasteiger partial charge in [0.15, 0.2) is 0 Å². The Morgan fingerprint density at radius 3 is 2.65 bits per heavy atom. The van der Waals surface area contributed by atoms with Crippen LogP contribution in [0.4, 0.5) is 11.6 Å². The quantitative estimate of drug-likeness (QED) is 0.883. The van der Waals surface area contributed by atoms with Crippen LogP contribution in [0.3, 0.4) is 0 Å². The molecular weight excluding hydrogens is 330 g/mol. The molecule has 0 aliphatic carbocycles. The van der Waals surface area contributed by atoms with Crippen LogP contribution < -0.4 is 15.0 Å². The fourth-order valence-corrected chi connectivity index (χ4v) is 3.05. The van der Waals surface area contributed by atoms with E-state index >= 15 is 0 Å². The van der Waals surface area contributed by atoms with E-state index in [1.54, 1.807) is 19.4 Å². The molecule has 7 nitrogen and oxygen atoms in total. The van der Waals surface area contributed by atoms with Crippen molar-refractivity contribution in [2.45, 2.75) is 13.8 Å². The number of methoxy groups -OCH3 is 1. The van der Waals surface area contributed by atoms with Gasteiger partial charge >= 0.3 is 0 Å². The number of carbonyl (C=O) groups excluding carboxylic acids is 1. The highest BCUT2D eigenvalue weighted by atomic mass is 16.5. The Bertz CT molecular complexity index is 772. The summed E-state index contributed by atoms with van der Waals surface area (Å²) in [5.41, 5.74) is 3.15. The molecule has 0 saturated carbocycles. The van der Waals surface area contributed by atoms with Crippen LogP contribution in [0.5, 0.6) is 5.88 Å². The molecule has 3 rings (SSSR count). The first kappa shape index (κ1) is 18.1. The summed E-state index contributed by atoms with van der Waals surface area (Å²) >= 11 is 0. The summed E-state index contributed by atoms with van der Waals surface area (Å²) in [6.45, 7) is 7.59. The van der Waals surface area contributed by atoms with Gasteiger partial charge in [-0.15, -0.1) is 0 Å². The fraction of sp³-hybridized carbons (Fsp3) is 0.421. The summed E-state index contributed by atoms with van der Waals surface area (Å²) in [5, 5.41) is 3.01. The second-order valence-electron chi connectivity index (χ2n) is 6.53. The molecule has 2 heterocycles. The monoisotopic (exact) mass is 355 g/mol. The average Bonchev–Trinajstić information content (AvgIpc) is 2.65. The van der Waals surface area contributed by atoms with Gasteiger partial charge in [-0.3, -0.25) is 9.69 Å². The van der Waals surface area contributed by atoms with Crippen LogP contribution in [0.2, 0.25) is 0 Å². The lowest BCUT2D eigenvalue weighted by molar-refractivity contribution is -0.117. The van der Waals surface area contributed by atoms with Crippen LogP contribution in [0.15, 0.2) is 30.5 Å². The van der Waals surface area contributed by atoms with Gasteiger partial charge in [0, 0.05) is 44.1 Å². The van der Waals surface area contributed by atoms with Crippen molar-refractivity contribution in [2.24, 2.45) is 0 Å². The van der Waals surface area contributed by atoms with E-state index < -0.39 is 0 Å². The fourth-order valence-electron chi connectivity index (χ4n) is 3.05. The van der Waals surface area contributed by atoms with E-state index in [9.17, 15) is 4.79 Å². The summed E-state index contributed by atoms with van der Waals surface area (Å²) in [6.07, 6.45) is 1.70. The number of carbonyl (C=O) groups is 1. The molecule has 0 bridgehead atoms. The van der Waals surface area contributed by atoms with Gasteiger partial charge in [-0.05, 0) is 25.5 Å². The number of benzene rings is 1. The van der Waals surface area contributed by atoms with Gasteiger partial charge in [0.05, 0.1) is 13.7 Å². The number of aryl methyl sites for hydroxylation is 2. The molecule has 26 heavy (non-hydrogen) atoms. The van der Waals surface area contributed by atoms with Crippen LogP contribution in [-0.2, 0) is 4.79 Å². The molecular formula is C19H25N5O2. The van der Waals surface area contributed by atoms with Crippen molar-refractivity contribution in [2.75, 3.05) is 50.1 Å². The number of piperazine rings is 1. The third-order valence-corrected chi connectivity index (χ3v) is 4.50. The second kappa shape index (κ2) is 8.14. The first-order valence-electron chi connectivity index (χ1n) is 8.76. The van der Waals surface area contributed by atoms with Crippen molar-refractivity contribution in [3.05, 3.63) is 41.6 Å². The lowest BCUT2D eigenvalue weighted by atomic mass is 10.1. The highest BCUT2D eigenvalue weighted by Gasteiger charge is 2.21. The Morgan fingerprint density at radius 2 is 1.96 bits per heavy atom. The van der Waals surface area contributed by atoms with Crippen LogP contribution in [0, 0.1) is 13.8 Å². The van der Waals surface area contributed by atoms with E-state index in [0.29, 0.717) is 18.4 Å². The third kappa shape index (κ3) is 4.49. The minimum atomic E-state index is 0.0167. The first-order valence-corrected chi connectivity index (χ1v) is 8.76. The van der Waals surface area contributed by atoms with Crippen molar-refractivity contribution in [3.8, 4) is 5.88 Å². The highest BCUT2D eigenvalue weighted by molar-refractivity contribution is 5.93. The van der Waals surface area contributed by atoms with Crippen LogP contribution >= 0.6 is 0 Å². The van der Waals surface area contributed by atoms with Gasteiger partial charge < -0.3 is 15.0 Å². The van der Waals surface area contributed by atoms with Gasteiger partial charge in [0.25, 0.3) is 0 Å². The number of aromatic nitrogens is 2. The number of hydrogen-bond donors (Lipinski definition) is 1. The number of rotatable bonds is 5. The van der Waals surface area contributed by atoms with Crippen LogP contribution in [0.25, 0.3) is 0 Å². The number of anilines is 2. The molecule has 0 unspecified atom stereocenters. The molecule has 1 aliphatic rings. The Balaban J connectivity index is 1.51. The molecule has 1 fully saturated rings.